The molecular formula is C26H27F3N6O2. The van der Waals surface area contributed by atoms with Crippen LogP contribution in [0.15, 0.2) is 42.9 Å². The molecule has 37 heavy (non-hydrogen) atoms. The number of anilines is 1. The maximum atomic E-state index is 14.4. The molecule has 1 saturated heterocycles. The Hall–Kier alpha value is -3.73. The minimum Gasteiger partial charge on any atom is -0.487 e. The second-order valence-electron chi connectivity index (χ2n) is 9.74. The van der Waals surface area contributed by atoms with Gasteiger partial charge in [-0.05, 0) is 32.0 Å². The van der Waals surface area contributed by atoms with Crippen LogP contribution < -0.4 is 9.64 Å². The van der Waals surface area contributed by atoms with Crippen molar-refractivity contribution in [1.82, 2.24) is 24.7 Å². The summed E-state index contributed by atoms with van der Waals surface area (Å²) in [5, 5.41) is 14.6. The molecule has 1 aromatic carbocycles. The molecule has 0 unspecified atom stereocenters. The lowest BCUT2D eigenvalue weighted by Gasteiger charge is -2.33. The Morgan fingerprint density at radius 2 is 1.84 bits per heavy atom. The third-order valence-electron chi connectivity index (χ3n) is 6.39. The first-order valence-electron chi connectivity index (χ1n) is 12.0. The summed E-state index contributed by atoms with van der Waals surface area (Å²) in [6, 6.07) is 4.82. The molecule has 4 aromatic rings. The molecule has 1 fully saturated rings. The highest BCUT2D eigenvalue weighted by atomic mass is 19.1. The Bertz CT molecular complexity index is 1430. The van der Waals surface area contributed by atoms with E-state index in [1.54, 1.807) is 16.9 Å². The summed E-state index contributed by atoms with van der Waals surface area (Å²) in [6.07, 6.45) is 4.52. The molecule has 0 spiro atoms. The number of hydrogen-bond donors (Lipinski definition) is 1. The molecule has 5 rings (SSSR count). The third kappa shape index (κ3) is 5.22. The average Bonchev–Trinajstić information content (AvgIpc) is 3.30. The van der Waals surface area contributed by atoms with Crippen LogP contribution in [0.1, 0.15) is 38.5 Å². The van der Waals surface area contributed by atoms with Crippen LogP contribution in [0.2, 0.25) is 0 Å². The van der Waals surface area contributed by atoms with Gasteiger partial charge in [0.05, 0.1) is 23.6 Å². The van der Waals surface area contributed by atoms with Crippen LogP contribution in [0.4, 0.5) is 19.0 Å². The van der Waals surface area contributed by atoms with Crippen molar-refractivity contribution >= 4 is 16.9 Å². The molecule has 1 aliphatic heterocycles. The smallest absolute Gasteiger partial charge is 0.167 e. The van der Waals surface area contributed by atoms with Gasteiger partial charge in [0.15, 0.2) is 17.4 Å². The summed E-state index contributed by atoms with van der Waals surface area (Å²) in [7, 11) is 1.81. The van der Waals surface area contributed by atoms with Crippen molar-refractivity contribution in [2.24, 2.45) is 7.05 Å². The van der Waals surface area contributed by atoms with Crippen LogP contribution in [-0.2, 0) is 7.05 Å². The molecule has 0 amide bonds. The maximum Gasteiger partial charge on any atom is 0.167 e. The van der Waals surface area contributed by atoms with Crippen LogP contribution in [0.5, 0.6) is 5.75 Å². The molecule has 0 saturated carbocycles. The third-order valence-corrected chi connectivity index (χ3v) is 6.39. The van der Waals surface area contributed by atoms with Gasteiger partial charge in [0.25, 0.3) is 0 Å². The normalized spacial score (nSPS) is 15.8. The Balaban J connectivity index is 1.45. The number of piperidine rings is 1. The van der Waals surface area contributed by atoms with E-state index in [4.69, 9.17) is 14.7 Å². The Labute approximate surface area is 211 Å². The Kier molecular flexibility index (Phi) is 6.49. The second-order valence-corrected chi connectivity index (χ2v) is 9.74. The fraction of sp³-hybridized carbons (Fsp3) is 0.385. The molecule has 1 atom stereocenters. The van der Waals surface area contributed by atoms with E-state index >= 15 is 0 Å². The van der Waals surface area contributed by atoms with Gasteiger partial charge in [-0.25, -0.2) is 23.1 Å². The molecule has 0 bridgehead atoms. The fourth-order valence-corrected chi connectivity index (χ4v) is 4.36. The van der Waals surface area contributed by atoms with E-state index in [1.165, 1.54) is 32.2 Å². The number of pyridine rings is 1. The van der Waals surface area contributed by atoms with Gasteiger partial charge in [0.1, 0.15) is 34.9 Å². The SMILES string of the molecule is Cn1cc(-c2nc3cnc([C@@H](O)C(C)(C)F)cc3nc2N2CCC(Oc3ccc(F)cc3F)CC2)cn1. The van der Waals surface area contributed by atoms with Gasteiger partial charge >= 0.3 is 0 Å². The van der Waals surface area contributed by atoms with E-state index in [0.29, 0.717) is 48.5 Å². The van der Waals surface area contributed by atoms with Crippen molar-refractivity contribution in [1.29, 1.82) is 0 Å². The fourth-order valence-electron chi connectivity index (χ4n) is 4.36. The standard InChI is InChI=1S/C26H27F3N6O2/c1-26(2,29)24(36)20-11-19-21(13-30-20)32-23(15-12-31-34(3)14-15)25(33-19)35-8-6-17(7-9-35)37-22-5-4-16(27)10-18(22)28/h4-5,10-14,17,24,36H,6-9H2,1-3H3/t24-/m1/s1. The first kappa shape index (κ1) is 24.9. The minimum absolute atomic E-state index is 0.0239. The van der Waals surface area contributed by atoms with Crippen molar-refractivity contribution in [3.8, 4) is 17.0 Å². The van der Waals surface area contributed by atoms with Crippen LogP contribution >= 0.6 is 0 Å². The summed E-state index contributed by atoms with van der Waals surface area (Å²) in [5.41, 5.74) is 0.655. The van der Waals surface area contributed by atoms with Crippen molar-refractivity contribution in [2.75, 3.05) is 18.0 Å². The lowest BCUT2D eigenvalue weighted by molar-refractivity contribution is 0.0134. The lowest BCUT2D eigenvalue weighted by Crippen LogP contribution is -2.39. The van der Waals surface area contributed by atoms with Crippen LogP contribution in [-0.4, -0.2) is 54.7 Å². The van der Waals surface area contributed by atoms with E-state index in [9.17, 15) is 18.3 Å². The predicted molar refractivity (Wildman–Crippen MR) is 132 cm³/mol. The molecular weight excluding hydrogens is 485 g/mol. The zero-order valence-corrected chi connectivity index (χ0v) is 20.7. The number of hydrogen-bond acceptors (Lipinski definition) is 7. The monoisotopic (exact) mass is 512 g/mol. The molecule has 3 aromatic heterocycles. The molecule has 4 heterocycles. The molecule has 8 nitrogen and oxygen atoms in total. The van der Waals surface area contributed by atoms with E-state index in [0.717, 1.165) is 11.6 Å². The zero-order valence-electron chi connectivity index (χ0n) is 20.7. The molecule has 0 radical (unpaired) electrons. The highest BCUT2D eigenvalue weighted by Crippen LogP contribution is 2.34. The Morgan fingerprint density at radius 3 is 2.49 bits per heavy atom. The molecule has 11 heteroatoms. The minimum atomic E-state index is -1.88. The lowest BCUT2D eigenvalue weighted by atomic mass is 10.0. The molecule has 0 aliphatic carbocycles. The number of rotatable bonds is 6. The summed E-state index contributed by atoms with van der Waals surface area (Å²) in [4.78, 5) is 15.9. The number of aromatic nitrogens is 5. The Morgan fingerprint density at radius 1 is 1.08 bits per heavy atom. The first-order valence-corrected chi connectivity index (χ1v) is 12.0. The number of benzene rings is 1. The number of alkyl halides is 1. The highest BCUT2D eigenvalue weighted by Gasteiger charge is 2.31. The summed E-state index contributed by atoms with van der Waals surface area (Å²) >= 11 is 0. The van der Waals surface area contributed by atoms with E-state index in [1.807, 2.05) is 13.2 Å². The topological polar surface area (TPSA) is 89.2 Å². The van der Waals surface area contributed by atoms with E-state index in [-0.39, 0.29) is 17.5 Å². The van der Waals surface area contributed by atoms with Crippen molar-refractivity contribution in [3.05, 3.63) is 60.2 Å². The van der Waals surface area contributed by atoms with Gasteiger partial charge in [-0.1, -0.05) is 0 Å². The van der Waals surface area contributed by atoms with E-state index in [2.05, 4.69) is 15.0 Å². The average molecular weight is 513 g/mol. The summed E-state index contributed by atoms with van der Waals surface area (Å²) in [5.74, 6) is -0.753. The second kappa shape index (κ2) is 9.62. The van der Waals surface area contributed by atoms with Crippen LogP contribution in [0.3, 0.4) is 0 Å². The van der Waals surface area contributed by atoms with Gasteiger partial charge in [-0.15, -0.1) is 0 Å². The maximum absolute atomic E-state index is 14.4. The number of aliphatic hydroxyl groups is 1. The first-order chi connectivity index (χ1) is 17.6. The number of aliphatic hydroxyl groups excluding tert-OH is 1. The van der Waals surface area contributed by atoms with Gasteiger partial charge in [-0.2, -0.15) is 5.10 Å². The van der Waals surface area contributed by atoms with Crippen molar-refractivity contribution in [3.63, 3.8) is 0 Å². The van der Waals surface area contributed by atoms with Gasteiger partial charge in [0.2, 0.25) is 0 Å². The number of nitrogens with zero attached hydrogens (tertiary/aromatic N) is 6. The van der Waals surface area contributed by atoms with Crippen LogP contribution in [0.25, 0.3) is 22.3 Å². The molecule has 194 valence electrons. The quantitative estimate of drug-likeness (QED) is 0.406. The van der Waals surface area contributed by atoms with Gasteiger partial charge in [-0.3, -0.25) is 9.67 Å². The van der Waals surface area contributed by atoms with Gasteiger partial charge < -0.3 is 14.7 Å². The number of aryl methyl sites for hydroxylation is 1. The largest absolute Gasteiger partial charge is 0.487 e. The highest BCUT2D eigenvalue weighted by molar-refractivity contribution is 5.83. The van der Waals surface area contributed by atoms with E-state index < -0.39 is 23.4 Å². The summed E-state index contributed by atoms with van der Waals surface area (Å²) in [6.45, 7) is 3.68. The van der Waals surface area contributed by atoms with Crippen molar-refractivity contribution in [2.45, 2.75) is 44.6 Å². The zero-order chi connectivity index (χ0) is 26.3. The van der Waals surface area contributed by atoms with Crippen molar-refractivity contribution < 1.29 is 23.0 Å². The predicted octanol–water partition coefficient (Wildman–Crippen LogP) is 4.53. The summed E-state index contributed by atoms with van der Waals surface area (Å²) < 4.78 is 49.1. The molecule has 1 aliphatic rings. The van der Waals surface area contributed by atoms with Crippen LogP contribution in [0, 0.1) is 11.6 Å². The number of halogens is 3. The number of ether oxygens (including phenoxy) is 1. The molecule has 1 N–H and O–H groups in total. The number of fused-ring (bicyclic) bond motifs is 1. The van der Waals surface area contributed by atoms with Gasteiger partial charge in [0, 0.05) is 50.8 Å².